The van der Waals surface area contributed by atoms with Gasteiger partial charge in [0, 0.05) is 31.5 Å². The van der Waals surface area contributed by atoms with Crippen molar-refractivity contribution >= 4 is 11.8 Å². The van der Waals surface area contributed by atoms with E-state index in [0.717, 1.165) is 30.2 Å². The molecule has 1 atom stereocenters. The second kappa shape index (κ2) is 6.62. The Labute approximate surface area is 138 Å². The normalized spacial score (nSPS) is 18.0. The maximum absolute atomic E-state index is 12.7. The molecule has 5 nitrogen and oxygen atoms in total. The number of pyridine rings is 1. The number of rotatable bonds is 4. The Balaban J connectivity index is 1.59. The molecule has 0 aliphatic carbocycles. The molecule has 1 saturated heterocycles. The molecule has 0 aromatic carbocycles. The van der Waals surface area contributed by atoms with Gasteiger partial charge in [0.2, 0.25) is 5.95 Å². The molecule has 0 saturated carbocycles. The van der Waals surface area contributed by atoms with Crippen molar-refractivity contribution in [2.75, 3.05) is 29.9 Å². The highest BCUT2D eigenvalue weighted by molar-refractivity contribution is 5.36. The minimum atomic E-state index is -4.45. The average Bonchev–Trinajstić information content (AvgIpc) is 3.01. The van der Waals surface area contributed by atoms with Crippen molar-refractivity contribution in [3.8, 4) is 0 Å². The van der Waals surface area contributed by atoms with Crippen LogP contribution in [0.5, 0.6) is 0 Å². The van der Waals surface area contributed by atoms with Crippen LogP contribution in [-0.4, -0.2) is 34.6 Å². The van der Waals surface area contributed by atoms with Crippen molar-refractivity contribution < 1.29 is 13.2 Å². The predicted molar refractivity (Wildman–Crippen MR) is 84.8 cm³/mol. The molecular weight excluding hydrogens is 319 g/mol. The van der Waals surface area contributed by atoms with E-state index in [1.54, 1.807) is 4.90 Å². The highest BCUT2D eigenvalue weighted by Crippen LogP contribution is 2.29. The minimum absolute atomic E-state index is 0.140. The van der Waals surface area contributed by atoms with Gasteiger partial charge in [0.25, 0.3) is 0 Å². The SMILES string of the molecule is Cc1cccc(NCC2CCN(c3nccc(C(F)(F)F)n3)C2)n1. The van der Waals surface area contributed by atoms with Gasteiger partial charge in [0.15, 0.2) is 0 Å². The Morgan fingerprint density at radius 2 is 2.08 bits per heavy atom. The monoisotopic (exact) mass is 337 g/mol. The van der Waals surface area contributed by atoms with Crippen LogP contribution in [-0.2, 0) is 6.18 Å². The van der Waals surface area contributed by atoms with Gasteiger partial charge < -0.3 is 10.2 Å². The van der Waals surface area contributed by atoms with Crippen LogP contribution in [0.2, 0.25) is 0 Å². The Morgan fingerprint density at radius 3 is 2.83 bits per heavy atom. The van der Waals surface area contributed by atoms with E-state index < -0.39 is 11.9 Å². The van der Waals surface area contributed by atoms with Crippen molar-refractivity contribution in [3.05, 3.63) is 41.9 Å². The Morgan fingerprint density at radius 1 is 1.25 bits per heavy atom. The number of aromatic nitrogens is 3. The fourth-order valence-corrected chi connectivity index (χ4v) is 2.73. The number of hydrogen-bond acceptors (Lipinski definition) is 5. The van der Waals surface area contributed by atoms with Gasteiger partial charge in [-0.1, -0.05) is 6.07 Å². The second-order valence-electron chi connectivity index (χ2n) is 5.89. The number of halogens is 3. The fourth-order valence-electron chi connectivity index (χ4n) is 2.73. The summed E-state index contributed by atoms with van der Waals surface area (Å²) < 4.78 is 38.2. The zero-order chi connectivity index (χ0) is 17.2. The molecule has 1 unspecified atom stereocenters. The van der Waals surface area contributed by atoms with Gasteiger partial charge in [-0.25, -0.2) is 15.0 Å². The third kappa shape index (κ3) is 3.93. The summed E-state index contributed by atoms with van der Waals surface area (Å²) in [6.07, 6.45) is -2.42. The van der Waals surface area contributed by atoms with Gasteiger partial charge in [-0.3, -0.25) is 0 Å². The highest BCUT2D eigenvalue weighted by Gasteiger charge is 2.34. The summed E-state index contributed by atoms with van der Waals surface area (Å²) in [5, 5.41) is 3.28. The van der Waals surface area contributed by atoms with Crippen molar-refractivity contribution in [2.24, 2.45) is 5.92 Å². The molecule has 1 aliphatic heterocycles. The van der Waals surface area contributed by atoms with Gasteiger partial charge in [-0.2, -0.15) is 13.2 Å². The van der Waals surface area contributed by atoms with E-state index in [2.05, 4.69) is 20.3 Å². The van der Waals surface area contributed by atoms with E-state index in [4.69, 9.17) is 0 Å². The highest BCUT2D eigenvalue weighted by atomic mass is 19.4. The number of anilines is 2. The van der Waals surface area contributed by atoms with E-state index >= 15 is 0 Å². The lowest BCUT2D eigenvalue weighted by Crippen LogP contribution is -2.25. The summed E-state index contributed by atoms with van der Waals surface area (Å²) in [5.74, 6) is 1.26. The maximum Gasteiger partial charge on any atom is 0.433 e. The zero-order valence-corrected chi connectivity index (χ0v) is 13.2. The van der Waals surface area contributed by atoms with Gasteiger partial charge in [-0.15, -0.1) is 0 Å². The smallest absolute Gasteiger partial charge is 0.370 e. The third-order valence-corrected chi connectivity index (χ3v) is 3.96. The molecule has 1 fully saturated rings. The van der Waals surface area contributed by atoms with Crippen LogP contribution in [0.15, 0.2) is 30.5 Å². The molecule has 24 heavy (non-hydrogen) atoms. The molecule has 0 spiro atoms. The lowest BCUT2D eigenvalue weighted by Gasteiger charge is -2.17. The molecule has 2 aromatic rings. The molecule has 0 bridgehead atoms. The van der Waals surface area contributed by atoms with Crippen LogP contribution >= 0.6 is 0 Å². The number of nitrogens with one attached hydrogen (secondary N) is 1. The Hall–Kier alpha value is -2.38. The Bertz CT molecular complexity index is 704. The number of alkyl halides is 3. The van der Waals surface area contributed by atoms with Gasteiger partial charge in [0.1, 0.15) is 11.5 Å². The first-order chi connectivity index (χ1) is 11.4. The van der Waals surface area contributed by atoms with Gasteiger partial charge in [-0.05, 0) is 37.5 Å². The summed E-state index contributed by atoms with van der Waals surface area (Å²) in [5.41, 5.74) is 0.0310. The van der Waals surface area contributed by atoms with Crippen LogP contribution in [0.4, 0.5) is 24.9 Å². The van der Waals surface area contributed by atoms with Crippen molar-refractivity contribution in [2.45, 2.75) is 19.5 Å². The summed E-state index contributed by atoms with van der Waals surface area (Å²) in [4.78, 5) is 13.8. The topological polar surface area (TPSA) is 53.9 Å². The average molecular weight is 337 g/mol. The standard InChI is InChI=1S/C16H18F3N5/c1-11-3-2-4-14(22-11)21-9-12-6-8-24(10-12)15-20-7-5-13(23-15)16(17,18)19/h2-5,7,12H,6,8-10H2,1H3,(H,21,22). The van der Waals surface area contributed by atoms with Crippen LogP contribution in [0.1, 0.15) is 17.8 Å². The summed E-state index contributed by atoms with van der Waals surface area (Å²) in [7, 11) is 0. The molecule has 0 radical (unpaired) electrons. The molecule has 1 aliphatic rings. The molecule has 3 heterocycles. The minimum Gasteiger partial charge on any atom is -0.370 e. The van der Waals surface area contributed by atoms with Crippen LogP contribution in [0.3, 0.4) is 0 Å². The molecule has 8 heteroatoms. The molecule has 128 valence electrons. The van der Waals surface area contributed by atoms with Crippen molar-refractivity contribution in [1.82, 2.24) is 15.0 Å². The van der Waals surface area contributed by atoms with Gasteiger partial charge >= 0.3 is 6.18 Å². The lowest BCUT2D eigenvalue weighted by molar-refractivity contribution is -0.141. The van der Waals surface area contributed by atoms with E-state index in [0.29, 0.717) is 25.6 Å². The summed E-state index contributed by atoms with van der Waals surface area (Å²) >= 11 is 0. The van der Waals surface area contributed by atoms with E-state index in [9.17, 15) is 13.2 Å². The molecule has 3 rings (SSSR count). The first-order valence-corrected chi connectivity index (χ1v) is 7.74. The van der Waals surface area contributed by atoms with E-state index in [-0.39, 0.29) is 5.95 Å². The third-order valence-electron chi connectivity index (χ3n) is 3.96. The number of aryl methyl sites for hydroxylation is 1. The van der Waals surface area contributed by atoms with Crippen molar-refractivity contribution in [3.63, 3.8) is 0 Å². The van der Waals surface area contributed by atoms with E-state index in [1.165, 1.54) is 0 Å². The maximum atomic E-state index is 12.7. The van der Waals surface area contributed by atoms with E-state index in [1.807, 2.05) is 25.1 Å². The molecule has 2 aromatic heterocycles. The Kier molecular flexibility index (Phi) is 4.55. The van der Waals surface area contributed by atoms with Crippen LogP contribution in [0, 0.1) is 12.8 Å². The zero-order valence-electron chi connectivity index (χ0n) is 13.2. The number of hydrogen-bond donors (Lipinski definition) is 1. The molecular formula is C16H18F3N5. The lowest BCUT2D eigenvalue weighted by atomic mass is 10.1. The second-order valence-corrected chi connectivity index (χ2v) is 5.89. The fraction of sp³-hybridized carbons (Fsp3) is 0.438. The quantitative estimate of drug-likeness (QED) is 0.929. The van der Waals surface area contributed by atoms with Crippen LogP contribution < -0.4 is 10.2 Å². The molecule has 0 amide bonds. The largest absolute Gasteiger partial charge is 0.433 e. The van der Waals surface area contributed by atoms with Gasteiger partial charge in [0.05, 0.1) is 0 Å². The van der Waals surface area contributed by atoms with Crippen LogP contribution in [0.25, 0.3) is 0 Å². The summed E-state index contributed by atoms with van der Waals surface area (Å²) in [6, 6.07) is 6.65. The molecule has 1 N–H and O–H groups in total. The first kappa shape index (κ1) is 16.5. The predicted octanol–water partition coefficient (Wildman–Crippen LogP) is 3.14. The number of nitrogens with zero attached hydrogens (tertiary/aromatic N) is 4. The summed E-state index contributed by atoms with van der Waals surface area (Å²) in [6.45, 7) is 3.91. The van der Waals surface area contributed by atoms with Crippen molar-refractivity contribution in [1.29, 1.82) is 0 Å². The first-order valence-electron chi connectivity index (χ1n) is 7.74.